The molecule has 0 saturated carbocycles. The fraction of sp³-hybridized carbons (Fsp3) is 0.400. The van der Waals surface area contributed by atoms with E-state index in [0.717, 1.165) is 25.1 Å². The number of rotatable bonds is 3. The molecule has 0 radical (unpaired) electrons. The van der Waals surface area contributed by atoms with Gasteiger partial charge in [0.05, 0.1) is 12.0 Å². The van der Waals surface area contributed by atoms with Gasteiger partial charge in [-0.3, -0.25) is 9.89 Å². The van der Waals surface area contributed by atoms with E-state index < -0.39 is 5.97 Å². The highest BCUT2D eigenvalue weighted by molar-refractivity contribution is 7.15. The molecule has 1 aliphatic rings. The van der Waals surface area contributed by atoms with E-state index in [1.165, 1.54) is 18.4 Å². The maximum absolute atomic E-state index is 12.6. The Morgan fingerprint density at radius 2 is 2.18 bits per heavy atom. The minimum Gasteiger partial charge on any atom is -0.465 e. The zero-order valence-corrected chi connectivity index (χ0v) is 13.1. The molecule has 3 rings (SSSR count). The lowest BCUT2D eigenvalue weighted by Gasteiger charge is -2.31. The Bertz CT molecular complexity index is 665. The number of methoxy groups -OCH3 is 1. The summed E-state index contributed by atoms with van der Waals surface area (Å²) in [6.45, 7) is 1.42. The van der Waals surface area contributed by atoms with Crippen molar-refractivity contribution in [1.29, 1.82) is 0 Å². The molecule has 22 heavy (non-hydrogen) atoms. The number of nitrogens with zero attached hydrogens (tertiary/aromatic N) is 2. The molecule has 0 spiro atoms. The van der Waals surface area contributed by atoms with Gasteiger partial charge in [0.1, 0.15) is 4.88 Å². The van der Waals surface area contributed by atoms with E-state index in [1.54, 1.807) is 18.3 Å². The number of thiophene rings is 1. The number of carbonyl (C=O) groups excluding carboxylic acids is 2. The van der Waals surface area contributed by atoms with Gasteiger partial charge in [0, 0.05) is 30.9 Å². The summed E-state index contributed by atoms with van der Waals surface area (Å²) in [5, 5.41) is 6.97. The molecule has 1 fully saturated rings. The van der Waals surface area contributed by atoms with Gasteiger partial charge in [0.25, 0.3) is 5.91 Å². The number of esters is 1. The average molecular weight is 319 g/mol. The van der Waals surface area contributed by atoms with Crippen molar-refractivity contribution in [2.45, 2.75) is 18.8 Å². The standard InChI is InChI=1S/C15H17N3O3S/c1-21-15(20)13-5-4-12(22-13)14(19)18-8-2-3-10(9-18)11-6-7-16-17-11/h4-7,10H,2-3,8-9H2,1H3,(H,16,17)/t10-/m1/s1. The molecule has 2 aromatic rings. The van der Waals surface area contributed by atoms with Crippen LogP contribution < -0.4 is 0 Å². The summed E-state index contributed by atoms with van der Waals surface area (Å²) in [5.41, 5.74) is 1.07. The van der Waals surface area contributed by atoms with Gasteiger partial charge >= 0.3 is 5.97 Å². The molecule has 1 saturated heterocycles. The first-order chi connectivity index (χ1) is 10.7. The summed E-state index contributed by atoms with van der Waals surface area (Å²) >= 11 is 1.18. The molecular weight excluding hydrogens is 302 g/mol. The number of carbonyl (C=O) groups is 2. The van der Waals surface area contributed by atoms with E-state index in [1.807, 2.05) is 11.0 Å². The van der Waals surface area contributed by atoms with E-state index >= 15 is 0 Å². The Hall–Kier alpha value is -2.15. The third-order valence-corrected chi connectivity index (χ3v) is 4.93. The number of piperidine rings is 1. The van der Waals surface area contributed by atoms with Crippen LogP contribution in [-0.2, 0) is 4.74 Å². The van der Waals surface area contributed by atoms with Crippen molar-refractivity contribution in [2.75, 3.05) is 20.2 Å². The third kappa shape index (κ3) is 2.89. The number of H-pyrrole nitrogens is 1. The van der Waals surface area contributed by atoms with Crippen molar-refractivity contribution >= 4 is 23.2 Å². The lowest BCUT2D eigenvalue weighted by atomic mass is 9.95. The Morgan fingerprint density at radius 1 is 1.36 bits per heavy atom. The average Bonchev–Trinajstić information content (AvgIpc) is 3.25. The number of hydrogen-bond acceptors (Lipinski definition) is 5. The molecule has 0 aromatic carbocycles. The maximum Gasteiger partial charge on any atom is 0.348 e. The molecule has 2 aromatic heterocycles. The van der Waals surface area contributed by atoms with Crippen LogP contribution in [0.1, 0.15) is 43.8 Å². The van der Waals surface area contributed by atoms with Crippen LogP contribution in [0.15, 0.2) is 24.4 Å². The first-order valence-corrected chi connectivity index (χ1v) is 7.97. The normalized spacial score (nSPS) is 18.2. The topological polar surface area (TPSA) is 75.3 Å². The Kier molecular flexibility index (Phi) is 4.24. The van der Waals surface area contributed by atoms with Crippen LogP contribution in [-0.4, -0.2) is 47.2 Å². The molecule has 1 amide bonds. The zero-order valence-electron chi connectivity index (χ0n) is 12.2. The Balaban J connectivity index is 1.71. The highest BCUT2D eigenvalue weighted by Gasteiger charge is 2.27. The molecule has 0 bridgehead atoms. The fourth-order valence-electron chi connectivity index (χ4n) is 2.73. The van der Waals surface area contributed by atoms with E-state index in [9.17, 15) is 9.59 Å². The highest BCUT2D eigenvalue weighted by Crippen LogP contribution is 2.27. The minimum atomic E-state index is -0.405. The zero-order chi connectivity index (χ0) is 15.5. The second kappa shape index (κ2) is 6.31. The number of nitrogens with one attached hydrogen (secondary N) is 1. The smallest absolute Gasteiger partial charge is 0.348 e. The monoisotopic (exact) mass is 319 g/mol. The van der Waals surface area contributed by atoms with Crippen molar-refractivity contribution in [1.82, 2.24) is 15.1 Å². The Morgan fingerprint density at radius 3 is 2.91 bits per heavy atom. The molecule has 1 aliphatic heterocycles. The highest BCUT2D eigenvalue weighted by atomic mass is 32.1. The fourth-order valence-corrected chi connectivity index (χ4v) is 3.62. The quantitative estimate of drug-likeness (QED) is 0.881. The van der Waals surface area contributed by atoms with E-state index in [0.29, 0.717) is 22.2 Å². The molecule has 3 heterocycles. The Labute approximate surface area is 132 Å². The van der Waals surface area contributed by atoms with Gasteiger partial charge in [-0.25, -0.2) is 4.79 Å². The summed E-state index contributed by atoms with van der Waals surface area (Å²) in [4.78, 5) is 27.0. The lowest BCUT2D eigenvalue weighted by molar-refractivity contribution is 0.0606. The van der Waals surface area contributed by atoms with Gasteiger partial charge in [-0.1, -0.05) is 0 Å². The predicted octanol–water partition coefficient (Wildman–Crippen LogP) is 2.28. The number of likely N-dealkylation sites (tertiary alicyclic amines) is 1. The van der Waals surface area contributed by atoms with Gasteiger partial charge in [0.15, 0.2) is 0 Å². The van der Waals surface area contributed by atoms with Gasteiger partial charge in [-0.2, -0.15) is 5.10 Å². The maximum atomic E-state index is 12.6. The molecular formula is C15H17N3O3S. The SMILES string of the molecule is COC(=O)c1ccc(C(=O)N2CCC[C@@H](c3ccn[nH]3)C2)s1. The molecule has 0 aliphatic carbocycles. The van der Waals surface area contributed by atoms with E-state index in [-0.39, 0.29) is 5.91 Å². The van der Waals surface area contributed by atoms with Crippen molar-refractivity contribution in [3.05, 3.63) is 39.8 Å². The van der Waals surface area contributed by atoms with Crippen molar-refractivity contribution in [2.24, 2.45) is 0 Å². The van der Waals surface area contributed by atoms with Crippen LogP contribution >= 0.6 is 11.3 Å². The van der Waals surface area contributed by atoms with Gasteiger partial charge in [0.2, 0.25) is 0 Å². The van der Waals surface area contributed by atoms with Crippen molar-refractivity contribution in [3.63, 3.8) is 0 Å². The molecule has 7 heteroatoms. The first kappa shape index (κ1) is 14.8. The summed E-state index contributed by atoms with van der Waals surface area (Å²) in [7, 11) is 1.34. The third-order valence-electron chi connectivity index (χ3n) is 3.87. The van der Waals surface area contributed by atoms with E-state index in [4.69, 9.17) is 0 Å². The van der Waals surface area contributed by atoms with Crippen LogP contribution in [0.25, 0.3) is 0 Å². The number of aromatic amines is 1. The summed E-state index contributed by atoms with van der Waals surface area (Å²) in [6, 6.07) is 5.29. The molecule has 116 valence electrons. The van der Waals surface area contributed by atoms with Crippen molar-refractivity contribution in [3.8, 4) is 0 Å². The van der Waals surface area contributed by atoms with E-state index in [2.05, 4.69) is 14.9 Å². The minimum absolute atomic E-state index is 0.0237. The summed E-state index contributed by atoms with van der Waals surface area (Å²) in [5.74, 6) is -0.136. The molecule has 1 atom stereocenters. The second-order valence-corrected chi connectivity index (χ2v) is 6.34. The summed E-state index contributed by atoms with van der Waals surface area (Å²) in [6.07, 6.45) is 3.74. The van der Waals surface area contributed by atoms with Crippen molar-refractivity contribution < 1.29 is 14.3 Å². The van der Waals surface area contributed by atoms with Crippen LogP contribution in [0.3, 0.4) is 0 Å². The number of amides is 1. The number of ether oxygens (including phenoxy) is 1. The van der Waals surface area contributed by atoms with Crippen LogP contribution in [0.5, 0.6) is 0 Å². The lowest BCUT2D eigenvalue weighted by Crippen LogP contribution is -2.38. The second-order valence-electron chi connectivity index (χ2n) is 5.26. The van der Waals surface area contributed by atoms with Gasteiger partial charge in [-0.15, -0.1) is 11.3 Å². The first-order valence-electron chi connectivity index (χ1n) is 7.15. The van der Waals surface area contributed by atoms with Crippen LogP contribution in [0.2, 0.25) is 0 Å². The van der Waals surface area contributed by atoms with Crippen LogP contribution in [0.4, 0.5) is 0 Å². The summed E-state index contributed by atoms with van der Waals surface area (Å²) < 4.78 is 4.68. The largest absolute Gasteiger partial charge is 0.465 e. The number of aromatic nitrogens is 2. The van der Waals surface area contributed by atoms with Crippen LogP contribution in [0, 0.1) is 0 Å². The predicted molar refractivity (Wildman–Crippen MR) is 82.1 cm³/mol. The van der Waals surface area contributed by atoms with Gasteiger partial charge in [-0.05, 0) is 31.0 Å². The molecule has 1 N–H and O–H groups in total. The van der Waals surface area contributed by atoms with Gasteiger partial charge < -0.3 is 9.64 Å². The molecule has 0 unspecified atom stereocenters. The molecule has 6 nitrogen and oxygen atoms in total. The number of hydrogen-bond donors (Lipinski definition) is 1.